The third-order valence-electron chi connectivity index (χ3n) is 11.4. The molecule has 8 rings (SSSR count). The van der Waals surface area contributed by atoms with Gasteiger partial charge in [-0.1, -0.05) is 47.6 Å². The molecule has 1 spiro atoms. The van der Waals surface area contributed by atoms with Gasteiger partial charge in [0.15, 0.2) is 18.8 Å². The third kappa shape index (κ3) is 4.73. The third-order valence-corrected chi connectivity index (χ3v) is 11.4. The van der Waals surface area contributed by atoms with Gasteiger partial charge < -0.3 is 49.8 Å². The van der Waals surface area contributed by atoms with E-state index in [1.165, 1.54) is 7.11 Å². The number of carbonyl (C=O) groups is 2. The number of rotatable bonds is 5. The van der Waals surface area contributed by atoms with Crippen molar-refractivity contribution < 1.29 is 38.7 Å². The van der Waals surface area contributed by atoms with Crippen LogP contribution in [0.5, 0.6) is 0 Å². The first-order valence-electron chi connectivity index (χ1n) is 16.7. The van der Waals surface area contributed by atoms with Crippen LogP contribution in [-0.4, -0.2) is 94.1 Å². The maximum Gasteiger partial charge on any atom is 2.00 e. The van der Waals surface area contributed by atoms with Crippen molar-refractivity contribution in [3.8, 4) is 0 Å². The second-order valence-electron chi connectivity index (χ2n) is 13.9. The summed E-state index contributed by atoms with van der Waals surface area (Å²) in [6.07, 6.45) is 8.98. The summed E-state index contributed by atoms with van der Waals surface area (Å²) in [6, 6.07) is -0.949. The normalized spacial score (nSPS) is 34.2. The molecule has 258 valence electrons. The summed E-state index contributed by atoms with van der Waals surface area (Å²) in [7, 11) is 1.28. The molecule has 0 aromatic carbocycles. The zero-order chi connectivity index (χ0) is 34.7. The Kier molecular flexibility index (Phi) is 8.26. The van der Waals surface area contributed by atoms with Gasteiger partial charge >= 0.3 is 35.0 Å². The average Bonchev–Trinajstić information content (AvgIpc) is 3.87. The van der Waals surface area contributed by atoms with Crippen LogP contribution < -0.4 is 31.2 Å². The molecule has 50 heavy (non-hydrogen) atoms. The van der Waals surface area contributed by atoms with Crippen LogP contribution in [0.4, 0.5) is 0 Å². The molecule has 0 amide bonds. The van der Waals surface area contributed by atoms with Crippen LogP contribution in [0.2, 0.25) is 0 Å². The second-order valence-corrected chi connectivity index (χ2v) is 13.9. The molecule has 3 saturated heterocycles. The summed E-state index contributed by atoms with van der Waals surface area (Å²) in [5.41, 5.74) is 3.60. The number of carbonyl (C=O) groups excluding carboxylic acids is 2. The molecular formula is C37H39MgN4O8-. The Labute approximate surface area is 304 Å². The fourth-order valence-corrected chi connectivity index (χ4v) is 8.62. The predicted octanol–water partition coefficient (Wildman–Crippen LogP) is 0.881. The summed E-state index contributed by atoms with van der Waals surface area (Å²) in [6.45, 7) is 10.7. The van der Waals surface area contributed by atoms with Crippen LogP contribution in [0, 0.1) is 31.6 Å². The first-order valence-corrected chi connectivity index (χ1v) is 16.7. The van der Waals surface area contributed by atoms with E-state index in [1.807, 2.05) is 32.9 Å². The van der Waals surface area contributed by atoms with Gasteiger partial charge in [-0.3, -0.25) is 4.79 Å². The Morgan fingerprint density at radius 1 is 1.12 bits per heavy atom. The van der Waals surface area contributed by atoms with E-state index in [0.29, 0.717) is 75.6 Å². The topological polar surface area (TPSA) is 176 Å². The number of allylic oxidation sites excluding steroid dienone is 1. The molecule has 2 aromatic heterocycles. The zero-order valence-electron chi connectivity index (χ0n) is 29.0. The Morgan fingerprint density at radius 2 is 1.86 bits per heavy atom. The molecule has 13 heteroatoms. The predicted molar refractivity (Wildman–Crippen MR) is 185 cm³/mol. The number of esters is 1. The van der Waals surface area contributed by atoms with E-state index in [2.05, 4.69) is 11.3 Å². The number of aliphatic hydroxyl groups excluding tert-OH is 2. The first-order chi connectivity index (χ1) is 23.4. The summed E-state index contributed by atoms with van der Waals surface area (Å²) >= 11 is 0. The van der Waals surface area contributed by atoms with Gasteiger partial charge in [0.05, 0.1) is 19.1 Å². The molecular weight excluding hydrogens is 653 g/mol. The van der Waals surface area contributed by atoms with Gasteiger partial charge in [-0.05, 0) is 56.5 Å². The summed E-state index contributed by atoms with van der Waals surface area (Å²) in [5.74, 6) is -3.93. The molecule has 7 atom stereocenters. The van der Waals surface area contributed by atoms with Crippen LogP contribution >= 0.6 is 0 Å². The minimum absolute atomic E-state index is 0. The first kappa shape index (κ1) is 34.7. The van der Waals surface area contributed by atoms with E-state index in [0.717, 1.165) is 23.0 Å². The number of fused-ring (bicyclic) bond motifs is 8. The quantitative estimate of drug-likeness (QED) is 0.135. The van der Waals surface area contributed by atoms with Crippen LogP contribution in [0.1, 0.15) is 56.0 Å². The summed E-state index contributed by atoms with van der Waals surface area (Å²) < 4.78 is 14.0. The van der Waals surface area contributed by atoms with Gasteiger partial charge in [0.1, 0.15) is 12.3 Å². The average molecular weight is 692 g/mol. The number of ether oxygens (including phenoxy) is 2. The van der Waals surface area contributed by atoms with E-state index >= 15 is 0 Å². The number of hydrogen-bond donors (Lipinski definition) is 3. The van der Waals surface area contributed by atoms with Crippen molar-refractivity contribution in [1.82, 2.24) is 9.97 Å². The number of hydrogen-bond acceptors (Lipinski definition) is 7. The van der Waals surface area contributed by atoms with Crippen molar-refractivity contribution in [3.05, 3.63) is 83.1 Å². The van der Waals surface area contributed by atoms with E-state index in [1.54, 1.807) is 19.1 Å². The number of epoxide rings is 2. The van der Waals surface area contributed by atoms with Crippen molar-refractivity contribution in [1.29, 1.82) is 0 Å². The van der Waals surface area contributed by atoms with Gasteiger partial charge in [0.2, 0.25) is 5.79 Å². The van der Waals surface area contributed by atoms with Crippen molar-refractivity contribution in [2.24, 2.45) is 17.8 Å². The van der Waals surface area contributed by atoms with E-state index < -0.39 is 29.3 Å². The number of aliphatic hydroxyl groups is 3. The van der Waals surface area contributed by atoms with Gasteiger partial charge in [0.25, 0.3) is 0 Å². The SMILES string of the molecule is COC(=O)[C@@H]1C2=C3[N-]C(=C(C)[C@]34O[C@]14O)/C=c1\[n-]c(c(C)\c1=C(/C)O)/C=c1\[n-]/c(c(C)c1/C=C/O)=C/C1[N-]C2[C@@H](CCC(=O)[O+]2CC2)[C@@H]1C.[Mg+2]. The molecule has 2 unspecified atom stereocenters. The Morgan fingerprint density at radius 3 is 2.52 bits per heavy atom. The minimum Gasteiger partial charge on any atom is -0.659 e. The Balaban J connectivity index is 0.00000392. The van der Waals surface area contributed by atoms with Gasteiger partial charge in [-0.2, -0.15) is 0 Å². The Hall–Kier alpha value is -3.75. The molecule has 6 aliphatic rings. The maximum absolute atomic E-state index is 13.6. The summed E-state index contributed by atoms with van der Waals surface area (Å²) in [4.78, 5) is 36.3. The standard InChI is InChI=1S/C37H39N4O8.Mg/c1-16-21(9-10-42)27-14-25-18(3)30(20(5)43)28(39-25)15-26-19(4)36-34(41-26)31(32(35(45)47-6)37(36,46)48-36)33-22(7-8-29(44)49-11-12-49)17(2)24(40-33)13-23(16)38-27;/h9-10,13-15,17,22,24,32-33,42-43,46H,7-8,11-12H2,1-6H3;/q-3;+2/b10-9+,23-13+,27-14-,28-15-,30-20-;/t17-,22-,24?,32-,33?,36-,37+;/m0./s1. The second kappa shape index (κ2) is 11.9. The number of aromatic nitrogens is 2. The van der Waals surface area contributed by atoms with E-state index in [4.69, 9.17) is 30.1 Å². The zero-order valence-corrected chi connectivity index (χ0v) is 30.4. The molecule has 3 fully saturated rings. The van der Waals surface area contributed by atoms with Crippen LogP contribution in [0.3, 0.4) is 0 Å². The van der Waals surface area contributed by atoms with Gasteiger partial charge in [-0.25, -0.2) is 0 Å². The molecule has 5 aliphatic heterocycles. The van der Waals surface area contributed by atoms with Crippen LogP contribution in [0.25, 0.3) is 40.7 Å². The van der Waals surface area contributed by atoms with Crippen molar-refractivity contribution in [2.45, 2.75) is 70.9 Å². The molecule has 8 bridgehead atoms. The van der Waals surface area contributed by atoms with Crippen molar-refractivity contribution in [2.75, 3.05) is 20.3 Å². The van der Waals surface area contributed by atoms with Gasteiger partial charge in [0, 0.05) is 4.79 Å². The van der Waals surface area contributed by atoms with E-state index in [-0.39, 0.29) is 52.7 Å². The van der Waals surface area contributed by atoms with Crippen LogP contribution in [0.15, 0.2) is 28.8 Å². The molecule has 1 aliphatic carbocycles. The fraction of sp³-hybridized carbons (Fsp3) is 0.459. The summed E-state index contributed by atoms with van der Waals surface area (Å²) in [5, 5.41) is 45.5. The molecule has 3 N–H and O–H groups in total. The van der Waals surface area contributed by atoms with E-state index in [9.17, 15) is 24.9 Å². The molecule has 12 nitrogen and oxygen atoms in total. The van der Waals surface area contributed by atoms with Crippen molar-refractivity contribution in [3.63, 3.8) is 0 Å². The maximum atomic E-state index is 13.6. The number of methoxy groups -OCH3 is 1. The van der Waals surface area contributed by atoms with Crippen LogP contribution in [-0.2, 0) is 23.4 Å². The Bertz CT molecular complexity index is 2190. The molecule has 0 saturated carbocycles. The largest absolute Gasteiger partial charge is 2.00 e. The van der Waals surface area contributed by atoms with Gasteiger partial charge in [-0.15, -0.1) is 51.3 Å². The fourth-order valence-electron chi connectivity index (χ4n) is 8.62. The van der Waals surface area contributed by atoms with Crippen molar-refractivity contribution >= 4 is 65.1 Å². The molecule has 0 radical (unpaired) electrons. The number of nitrogens with zero attached hydrogens (tertiary/aromatic N) is 4. The minimum atomic E-state index is -1.92. The molecule has 7 heterocycles. The smallest absolute Gasteiger partial charge is 0.659 e. The monoisotopic (exact) mass is 691 g/mol. The molecule has 2 aromatic rings.